The van der Waals surface area contributed by atoms with Gasteiger partial charge in [0.05, 0.1) is 33.7 Å². The number of nitrogens with zero attached hydrogens (tertiary/aromatic N) is 4. The van der Waals surface area contributed by atoms with E-state index in [2.05, 4.69) is 5.10 Å². The first-order valence-corrected chi connectivity index (χ1v) is 12.9. The molecule has 0 saturated carbocycles. The fourth-order valence-electron chi connectivity index (χ4n) is 4.04. The molecule has 9 heteroatoms. The second kappa shape index (κ2) is 8.27. The van der Waals surface area contributed by atoms with E-state index in [1.807, 2.05) is 61.7 Å². The number of thioether (sulfide) groups is 1. The number of fused-ring (bicyclic) bond motifs is 1. The van der Waals surface area contributed by atoms with Crippen LogP contribution in [-0.4, -0.2) is 63.7 Å². The van der Waals surface area contributed by atoms with Crippen molar-refractivity contribution < 1.29 is 13.2 Å². The molecule has 2 atom stereocenters. The molecule has 0 bridgehead atoms. The Morgan fingerprint density at radius 3 is 2.61 bits per heavy atom. The number of imidazole rings is 1. The van der Waals surface area contributed by atoms with Gasteiger partial charge in [0.25, 0.3) is 0 Å². The SMILES string of the molecule is Cc1cc(C)c2c(-c3ccccc3)nc(S[C@H](C)C(=O)N(C)[C@@H]3CCS(=O)(=O)C3)n2n1. The average molecular weight is 459 g/mol. The van der Waals surface area contributed by atoms with Crippen molar-refractivity contribution in [2.75, 3.05) is 18.6 Å². The number of aryl methyl sites for hydroxylation is 2. The predicted molar refractivity (Wildman–Crippen MR) is 123 cm³/mol. The molecule has 2 aromatic heterocycles. The second-order valence-corrected chi connectivity index (χ2v) is 11.6. The number of carbonyl (C=O) groups is 1. The molecular formula is C22H26N4O3S2. The number of rotatable bonds is 5. The summed E-state index contributed by atoms with van der Waals surface area (Å²) in [5, 5.41) is 4.89. The zero-order valence-corrected chi connectivity index (χ0v) is 19.7. The summed E-state index contributed by atoms with van der Waals surface area (Å²) in [5.41, 5.74) is 4.69. The van der Waals surface area contributed by atoms with E-state index in [1.165, 1.54) is 11.8 Å². The molecule has 1 amide bonds. The van der Waals surface area contributed by atoms with Crippen LogP contribution >= 0.6 is 11.8 Å². The summed E-state index contributed by atoms with van der Waals surface area (Å²) in [6, 6.07) is 11.7. The number of sulfone groups is 1. The van der Waals surface area contributed by atoms with Gasteiger partial charge in [0.2, 0.25) is 5.91 Å². The zero-order chi connectivity index (χ0) is 22.3. The van der Waals surface area contributed by atoms with Gasteiger partial charge < -0.3 is 4.90 Å². The third-order valence-corrected chi connectivity index (χ3v) is 8.44. The minimum absolute atomic E-state index is 0.0387. The fourth-order valence-corrected chi connectivity index (χ4v) is 6.77. The summed E-state index contributed by atoms with van der Waals surface area (Å²) in [7, 11) is -1.36. The van der Waals surface area contributed by atoms with E-state index in [1.54, 1.807) is 11.9 Å². The lowest BCUT2D eigenvalue weighted by molar-refractivity contribution is -0.130. The summed E-state index contributed by atoms with van der Waals surface area (Å²) < 4.78 is 25.4. The summed E-state index contributed by atoms with van der Waals surface area (Å²) in [6.45, 7) is 5.81. The minimum Gasteiger partial charge on any atom is -0.341 e. The highest BCUT2D eigenvalue weighted by Gasteiger charge is 2.34. The van der Waals surface area contributed by atoms with Crippen LogP contribution in [0.5, 0.6) is 0 Å². The Bertz CT molecular complexity index is 1240. The van der Waals surface area contributed by atoms with E-state index >= 15 is 0 Å². The standard InChI is InChI=1S/C22H26N4O3S2/c1-14-12-15(2)24-26-20(14)19(17-8-6-5-7-9-17)23-22(26)30-16(3)21(27)25(4)18-10-11-31(28,29)13-18/h5-9,12,16,18H,10-11,13H2,1-4H3/t16-,18-/m1/s1. The van der Waals surface area contributed by atoms with Crippen LogP contribution in [0.15, 0.2) is 41.6 Å². The molecule has 1 saturated heterocycles. The molecule has 4 rings (SSSR count). The van der Waals surface area contributed by atoms with Gasteiger partial charge in [-0.25, -0.2) is 17.9 Å². The van der Waals surface area contributed by atoms with Gasteiger partial charge in [-0.2, -0.15) is 5.10 Å². The van der Waals surface area contributed by atoms with E-state index < -0.39 is 15.1 Å². The van der Waals surface area contributed by atoms with Gasteiger partial charge in [-0.3, -0.25) is 4.79 Å². The van der Waals surface area contributed by atoms with Crippen LogP contribution in [0.25, 0.3) is 16.8 Å². The number of benzene rings is 1. The van der Waals surface area contributed by atoms with E-state index in [-0.39, 0.29) is 23.5 Å². The Kier molecular flexibility index (Phi) is 5.83. The van der Waals surface area contributed by atoms with E-state index in [0.29, 0.717) is 11.6 Å². The van der Waals surface area contributed by atoms with Crippen LogP contribution in [-0.2, 0) is 14.6 Å². The quantitative estimate of drug-likeness (QED) is 0.546. The first-order valence-electron chi connectivity index (χ1n) is 10.2. The van der Waals surface area contributed by atoms with E-state index in [4.69, 9.17) is 4.98 Å². The van der Waals surface area contributed by atoms with Crippen molar-refractivity contribution in [1.82, 2.24) is 19.5 Å². The van der Waals surface area contributed by atoms with Crippen molar-refractivity contribution in [1.29, 1.82) is 0 Å². The van der Waals surface area contributed by atoms with Crippen LogP contribution < -0.4 is 0 Å². The maximum absolute atomic E-state index is 13.0. The number of amides is 1. The molecule has 0 spiro atoms. The van der Waals surface area contributed by atoms with E-state index in [0.717, 1.165) is 28.0 Å². The van der Waals surface area contributed by atoms with Gasteiger partial charge in [0.1, 0.15) is 0 Å². The average Bonchev–Trinajstić information content (AvgIpc) is 3.27. The molecule has 1 aliphatic rings. The minimum atomic E-state index is -3.05. The number of hydrogen-bond donors (Lipinski definition) is 0. The van der Waals surface area contributed by atoms with Crippen molar-refractivity contribution >= 4 is 33.0 Å². The zero-order valence-electron chi connectivity index (χ0n) is 18.1. The number of carbonyl (C=O) groups excluding carboxylic acids is 1. The number of hydrogen-bond acceptors (Lipinski definition) is 6. The lowest BCUT2D eigenvalue weighted by atomic mass is 10.1. The Morgan fingerprint density at radius 2 is 1.97 bits per heavy atom. The molecule has 3 heterocycles. The molecule has 0 N–H and O–H groups in total. The summed E-state index contributed by atoms with van der Waals surface area (Å²) in [5.74, 6) is 0.0799. The lowest BCUT2D eigenvalue weighted by Gasteiger charge is -2.26. The first-order chi connectivity index (χ1) is 14.7. The largest absolute Gasteiger partial charge is 0.341 e. The maximum Gasteiger partial charge on any atom is 0.235 e. The second-order valence-electron chi connectivity index (χ2n) is 8.10. The highest BCUT2D eigenvalue weighted by Crippen LogP contribution is 2.33. The molecule has 164 valence electrons. The van der Waals surface area contributed by atoms with Gasteiger partial charge in [-0.15, -0.1) is 0 Å². The molecule has 1 fully saturated rings. The van der Waals surface area contributed by atoms with Crippen LogP contribution in [0.3, 0.4) is 0 Å². The van der Waals surface area contributed by atoms with Crippen LogP contribution in [0.2, 0.25) is 0 Å². The molecule has 7 nitrogen and oxygen atoms in total. The fraction of sp³-hybridized carbons (Fsp3) is 0.409. The number of aromatic nitrogens is 3. The van der Waals surface area contributed by atoms with Gasteiger partial charge >= 0.3 is 0 Å². The van der Waals surface area contributed by atoms with Crippen LogP contribution in [0.4, 0.5) is 0 Å². The van der Waals surface area contributed by atoms with Crippen molar-refractivity contribution in [3.8, 4) is 11.3 Å². The predicted octanol–water partition coefficient (Wildman–Crippen LogP) is 3.14. The third-order valence-electron chi connectivity index (χ3n) is 5.66. The highest BCUT2D eigenvalue weighted by molar-refractivity contribution is 8.00. The normalized spacial score (nSPS) is 18.9. The topological polar surface area (TPSA) is 84.6 Å². The molecular weight excluding hydrogens is 432 g/mol. The van der Waals surface area contributed by atoms with Crippen LogP contribution in [0.1, 0.15) is 24.6 Å². The Hall–Kier alpha value is -2.39. The molecule has 3 aromatic rings. The molecule has 1 aliphatic heterocycles. The van der Waals surface area contributed by atoms with Crippen molar-refractivity contribution in [3.05, 3.63) is 47.7 Å². The highest BCUT2D eigenvalue weighted by atomic mass is 32.2. The Labute approximate surface area is 186 Å². The summed E-state index contributed by atoms with van der Waals surface area (Å²) >= 11 is 1.35. The van der Waals surface area contributed by atoms with Crippen molar-refractivity contribution in [2.24, 2.45) is 0 Å². The van der Waals surface area contributed by atoms with Crippen molar-refractivity contribution in [2.45, 2.75) is 43.6 Å². The lowest BCUT2D eigenvalue weighted by Crippen LogP contribution is -2.41. The Morgan fingerprint density at radius 1 is 1.26 bits per heavy atom. The monoisotopic (exact) mass is 458 g/mol. The van der Waals surface area contributed by atoms with Gasteiger partial charge in [0, 0.05) is 18.7 Å². The summed E-state index contributed by atoms with van der Waals surface area (Å²) in [6.07, 6.45) is 0.492. The van der Waals surface area contributed by atoms with Gasteiger partial charge in [0.15, 0.2) is 15.0 Å². The molecule has 0 radical (unpaired) electrons. The van der Waals surface area contributed by atoms with Gasteiger partial charge in [-0.05, 0) is 38.8 Å². The molecule has 31 heavy (non-hydrogen) atoms. The third kappa shape index (κ3) is 4.34. The molecule has 1 aromatic carbocycles. The van der Waals surface area contributed by atoms with Crippen LogP contribution in [0, 0.1) is 13.8 Å². The summed E-state index contributed by atoms with van der Waals surface area (Å²) in [4.78, 5) is 19.5. The molecule has 0 aliphatic carbocycles. The smallest absolute Gasteiger partial charge is 0.235 e. The van der Waals surface area contributed by atoms with E-state index in [9.17, 15) is 13.2 Å². The van der Waals surface area contributed by atoms with Gasteiger partial charge in [-0.1, -0.05) is 42.1 Å². The molecule has 0 unspecified atom stereocenters. The Balaban J connectivity index is 1.66. The van der Waals surface area contributed by atoms with Crippen molar-refractivity contribution in [3.63, 3.8) is 0 Å². The first kappa shape index (κ1) is 21.8. The maximum atomic E-state index is 13.0.